The minimum Gasteiger partial charge on any atom is -0.377 e. The van der Waals surface area contributed by atoms with E-state index in [-0.39, 0.29) is 0 Å². The molecule has 1 atom stereocenters. The Kier molecular flexibility index (Phi) is 4.81. The van der Waals surface area contributed by atoms with E-state index in [0.717, 1.165) is 32.1 Å². The average Bonchev–Trinajstić information content (AvgIpc) is 2.40. The summed E-state index contributed by atoms with van der Waals surface area (Å²) in [5.41, 5.74) is 1.24. The standard InChI is InChI=1S/C14H23N3O/c1-3-15-14-10-12(7-8-16-14)17-9-5-6-13(11-17)18-4-2/h7-8,10,13H,3-6,9,11H2,1-2H3,(H,15,16). The number of aromatic nitrogens is 1. The van der Waals surface area contributed by atoms with Gasteiger partial charge in [0.2, 0.25) is 0 Å². The molecule has 100 valence electrons. The fourth-order valence-electron chi connectivity index (χ4n) is 2.44. The summed E-state index contributed by atoms with van der Waals surface area (Å²) in [7, 11) is 0. The first-order chi connectivity index (χ1) is 8.83. The number of hydrogen-bond acceptors (Lipinski definition) is 4. The van der Waals surface area contributed by atoms with Crippen molar-refractivity contribution in [3.8, 4) is 0 Å². The second-order valence-corrected chi connectivity index (χ2v) is 4.60. The number of nitrogens with zero attached hydrogens (tertiary/aromatic N) is 2. The van der Waals surface area contributed by atoms with E-state index in [1.165, 1.54) is 18.5 Å². The maximum absolute atomic E-state index is 5.74. The average molecular weight is 249 g/mol. The lowest BCUT2D eigenvalue weighted by molar-refractivity contribution is 0.0527. The number of pyridine rings is 1. The van der Waals surface area contributed by atoms with Crippen LogP contribution in [0.25, 0.3) is 0 Å². The van der Waals surface area contributed by atoms with Gasteiger partial charge in [0.25, 0.3) is 0 Å². The molecule has 1 saturated heterocycles. The molecule has 0 saturated carbocycles. The summed E-state index contributed by atoms with van der Waals surface area (Å²) in [4.78, 5) is 6.71. The van der Waals surface area contributed by atoms with Crippen LogP contribution in [0.4, 0.5) is 11.5 Å². The molecule has 0 amide bonds. The number of anilines is 2. The zero-order valence-corrected chi connectivity index (χ0v) is 11.4. The van der Waals surface area contributed by atoms with Gasteiger partial charge in [0, 0.05) is 44.2 Å². The molecule has 1 unspecified atom stereocenters. The monoisotopic (exact) mass is 249 g/mol. The Morgan fingerprint density at radius 3 is 3.17 bits per heavy atom. The smallest absolute Gasteiger partial charge is 0.127 e. The van der Waals surface area contributed by atoms with Gasteiger partial charge < -0.3 is 15.0 Å². The second-order valence-electron chi connectivity index (χ2n) is 4.60. The third-order valence-electron chi connectivity index (χ3n) is 3.25. The molecule has 0 radical (unpaired) electrons. The van der Waals surface area contributed by atoms with E-state index in [4.69, 9.17) is 4.74 Å². The molecule has 1 aromatic rings. The molecule has 4 nitrogen and oxygen atoms in total. The highest BCUT2D eigenvalue weighted by molar-refractivity contribution is 5.54. The van der Waals surface area contributed by atoms with E-state index in [2.05, 4.69) is 41.2 Å². The van der Waals surface area contributed by atoms with Crippen molar-refractivity contribution in [1.29, 1.82) is 0 Å². The van der Waals surface area contributed by atoms with Gasteiger partial charge in [-0.3, -0.25) is 0 Å². The molecule has 1 aromatic heterocycles. The van der Waals surface area contributed by atoms with Crippen LogP contribution in [0, 0.1) is 0 Å². The van der Waals surface area contributed by atoms with E-state index in [1.807, 2.05) is 6.20 Å². The molecule has 1 aliphatic heterocycles. The van der Waals surface area contributed by atoms with Gasteiger partial charge in [-0.1, -0.05) is 0 Å². The van der Waals surface area contributed by atoms with Crippen LogP contribution in [0.1, 0.15) is 26.7 Å². The quantitative estimate of drug-likeness (QED) is 0.870. The minimum absolute atomic E-state index is 0.375. The summed E-state index contributed by atoms with van der Waals surface area (Å²) in [5, 5.41) is 3.25. The SMILES string of the molecule is CCNc1cc(N2CCCC(OCC)C2)ccn1. The third-order valence-corrected chi connectivity index (χ3v) is 3.25. The van der Waals surface area contributed by atoms with E-state index in [9.17, 15) is 0 Å². The van der Waals surface area contributed by atoms with Gasteiger partial charge in [-0.2, -0.15) is 0 Å². The van der Waals surface area contributed by atoms with Gasteiger partial charge in [-0.05, 0) is 32.8 Å². The zero-order valence-electron chi connectivity index (χ0n) is 11.4. The van der Waals surface area contributed by atoms with Gasteiger partial charge in [0.15, 0.2) is 0 Å². The lowest BCUT2D eigenvalue weighted by Crippen LogP contribution is -2.39. The Hall–Kier alpha value is -1.29. The second kappa shape index (κ2) is 6.59. The Morgan fingerprint density at radius 2 is 2.39 bits per heavy atom. The minimum atomic E-state index is 0.375. The van der Waals surface area contributed by atoms with E-state index < -0.39 is 0 Å². The lowest BCUT2D eigenvalue weighted by Gasteiger charge is -2.34. The molecule has 18 heavy (non-hydrogen) atoms. The predicted molar refractivity (Wildman–Crippen MR) is 75.3 cm³/mol. The Labute approximate surface area is 109 Å². The predicted octanol–water partition coefficient (Wildman–Crippen LogP) is 2.52. The molecular formula is C14H23N3O. The normalized spacial score (nSPS) is 19.9. The van der Waals surface area contributed by atoms with Crippen LogP contribution in [0.15, 0.2) is 18.3 Å². The molecule has 2 heterocycles. The molecule has 4 heteroatoms. The molecule has 0 spiro atoms. The molecule has 1 aliphatic rings. The number of piperidine rings is 1. The van der Waals surface area contributed by atoms with Gasteiger partial charge in [0.05, 0.1) is 6.10 Å². The highest BCUT2D eigenvalue weighted by atomic mass is 16.5. The van der Waals surface area contributed by atoms with Gasteiger partial charge in [-0.15, -0.1) is 0 Å². The Bertz CT molecular complexity index is 368. The van der Waals surface area contributed by atoms with Crippen LogP contribution in [0.3, 0.4) is 0 Å². The Morgan fingerprint density at radius 1 is 1.50 bits per heavy atom. The van der Waals surface area contributed by atoms with Crippen LogP contribution in [-0.4, -0.2) is 37.3 Å². The number of ether oxygens (including phenoxy) is 1. The molecule has 0 bridgehead atoms. The van der Waals surface area contributed by atoms with Crippen molar-refractivity contribution < 1.29 is 4.74 Å². The Balaban J connectivity index is 2.03. The number of nitrogens with one attached hydrogen (secondary N) is 1. The first-order valence-electron chi connectivity index (χ1n) is 6.90. The van der Waals surface area contributed by atoms with E-state index in [0.29, 0.717) is 6.10 Å². The highest BCUT2D eigenvalue weighted by Crippen LogP contribution is 2.22. The van der Waals surface area contributed by atoms with Crippen molar-refractivity contribution in [3.63, 3.8) is 0 Å². The lowest BCUT2D eigenvalue weighted by atomic mass is 10.1. The van der Waals surface area contributed by atoms with Crippen LogP contribution >= 0.6 is 0 Å². The van der Waals surface area contributed by atoms with Crippen molar-refractivity contribution in [1.82, 2.24) is 4.98 Å². The van der Waals surface area contributed by atoms with Crippen molar-refractivity contribution in [3.05, 3.63) is 18.3 Å². The molecule has 0 aromatic carbocycles. The van der Waals surface area contributed by atoms with Crippen LogP contribution < -0.4 is 10.2 Å². The summed E-state index contributed by atoms with van der Waals surface area (Å²) in [5.74, 6) is 0.952. The summed E-state index contributed by atoms with van der Waals surface area (Å²) >= 11 is 0. The van der Waals surface area contributed by atoms with E-state index >= 15 is 0 Å². The molecular weight excluding hydrogens is 226 g/mol. The van der Waals surface area contributed by atoms with Crippen LogP contribution in [0.5, 0.6) is 0 Å². The number of rotatable bonds is 5. The maximum Gasteiger partial charge on any atom is 0.127 e. The summed E-state index contributed by atoms with van der Waals surface area (Å²) in [6.07, 6.45) is 4.62. The first kappa shape index (κ1) is 13.1. The van der Waals surface area contributed by atoms with Crippen molar-refractivity contribution in [2.45, 2.75) is 32.8 Å². The third kappa shape index (κ3) is 3.35. The first-order valence-corrected chi connectivity index (χ1v) is 6.90. The van der Waals surface area contributed by atoms with Crippen LogP contribution in [-0.2, 0) is 4.74 Å². The van der Waals surface area contributed by atoms with Crippen molar-refractivity contribution in [2.24, 2.45) is 0 Å². The summed E-state index contributed by atoms with van der Waals surface area (Å²) < 4.78 is 5.74. The fraction of sp³-hybridized carbons (Fsp3) is 0.643. The number of hydrogen-bond donors (Lipinski definition) is 1. The van der Waals surface area contributed by atoms with Gasteiger partial charge >= 0.3 is 0 Å². The molecule has 1 N–H and O–H groups in total. The molecule has 2 rings (SSSR count). The van der Waals surface area contributed by atoms with E-state index in [1.54, 1.807) is 0 Å². The van der Waals surface area contributed by atoms with Gasteiger partial charge in [0.1, 0.15) is 5.82 Å². The van der Waals surface area contributed by atoms with Crippen LogP contribution in [0.2, 0.25) is 0 Å². The van der Waals surface area contributed by atoms with Crippen molar-refractivity contribution >= 4 is 11.5 Å². The summed E-state index contributed by atoms with van der Waals surface area (Å²) in [6.45, 7) is 7.95. The zero-order chi connectivity index (χ0) is 12.8. The fourth-order valence-corrected chi connectivity index (χ4v) is 2.44. The molecule has 0 aliphatic carbocycles. The largest absolute Gasteiger partial charge is 0.377 e. The summed E-state index contributed by atoms with van der Waals surface area (Å²) in [6, 6.07) is 4.20. The topological polar surface area (TPSA) is 37.4 Å². The maximum atomic E-state index is 5.74. The molecule has 1 fully saturated rings. The highest BCUT2D eigenvalue weighted by Gasteiger charge is 2.20. The van der Waals surface area contributed by atoms with Gasteiger partial charge in [-0.25, -0.2) is 4.98 Å². The van der Waals surface area contributed by atoms with Crippen molar-refractivity contribution in [2.75, 3.05) is 36.5 Å².